The smallest absolute Gasteiger partial charge is 0.243 e. The summed E-state index contributed by atoms with van der Waals surface area (Å²) in [7, 11) is -0.485. The van der Waals surface area contributed by atoms with Gasteiger partial charge in [0, 0.05) is 32.7 Å². The summed E-state index contributed by atoms with van der Waals surface area (Å²) in [6, 6.07) is 6.36. The molecule has 0 aliphatic heterocycles. The van der Waals surface area contributed by atoms with E-state index in [2.05, 4.69) is 0 Å². The summed E-state index contributed by atoms with van der Waals surface area (Å²) in [6.45, 7) is 1.44. The number of amides is 2. The van der Waals surface area contributed by atoms with Gasteiger partial charge in [0.2, 0.25) is 21.8 Å². The standard InChI is InChI=1S/C18H26N2O5S/c1-13(21)19(2)15-7-9-16(10-8-15)20(26(4,23)24)18(22)14-5-11-17(25-3)12-6-14/h7-10,14,17H,5-6,11-12H2,1-4H3. The maximum Gasteiger partial charge on any atom is 0.243 e. The lowest BCUT2D eigenvalue weighted by Gasteiger charge is -2.30. The summed E-state index contributed by atoms with van der Waals surface area (Å²) in [6.07, 6.45) is 3.86. The molecule has 2 rings (SSSR count). The van der Waals surface area contributed by atoms with E-state index in [1.54, 1.807) is 38.4 Å². The normalized spacial score (nSPS) is 20.5. The van der Waals surface area contributed by atoms with E-state index in [-0.39, 0.29) is 23.6 Å². The highest BCUT2D eigenvalue weighted by Gasteiger charge is 2.34. The van der Waals surface area contributed by atoms with Crippen LogP contribution in [0.1, 0.15) is 32.6 Å². The van der Waals surface area contributed by atoms with Gasteiger partial charge in [0.05, 0.1) is 18.0 Å². The second-order valence-corrected chi connectivity index (χ2v) is 8.50. The van der Waals surface area contributed by atoms with Crippen LogP contribution in [0.25, 0.3) is 0 Å². The molecule has 0 saturated heterocycles. The van der Waals surface area contributed by atoms with Crippen LogP contribution >= 0.6 is 0 Å². The summed E-state index contributed by atoms with van der Waals surface area (Å²) in [4.78, 5) is 25.8. The number of methoxy groups -OCH3 is 1. The van der Waals surface area contributed by atoms with Crippen molar-refractivity contribution in [1.82, 2.24) is 0 Å². The van der Waals surface area contributed by atoms with Crippen LogP contribution < -0.4 is 9.21 Å². The summed E-state index contributed by atoms with van der Waals surface area (Å²) in [5.74, 6) is -0.880. The highest BCUT2D eigenvalue weighted by molar-refractivity contribution is 7.92. The first-order valence-electron chi connectivity index (χ1n) is 8.56. The molecule has 0 unspecified atom stereocenters. The van der Waals surface area contributed by atoms with E-state index in [1.807, 2.05) is 0 Å². The van der Waals surface area contributed by atoms with Gasteiger partial charge >= 0.3 is 0 Å². The molecule has 26 heavy (non-hydrogen) atoms. The number of sulfonamides is 1. The first-order chi connectivity index (χ1) is 12.1. The summed E-state index contributed by atoms with van der Waals surface area (Å²) in [5, 5.41) is 0. The van der Waals surface area contributed by atoms with Gasteiger partial charge in [-0.05, 0) is 49.9 Å². The molecule has 8 heteroatoms. The molecule has 1 aliphatic carbocycles. The van der Waals surface area contributed by atoms with Crippen LogP contribution in [0.4, 0.5) is 11.4 Å². The minimum atomic E-state index is -3.76. The Morgan fingerprint density at radius 1 is 1.04 bits per heavy atom. The van der Waals surface area contributed by atoms with E-state index in [4.69, 9.17) is 4.74 Å². The van der Waals surface area contributed by atoms with Gasteiger partial charge in [0.15, 0.2) is 0 Å². The van der Waals surface area contributed by atoms with Crippen molar-refractivity contribution in [3.8, 4) is 0 Å². The molecule has 2 amide bonds. The number of carbonyl (C=O) groups is 2. The third-order valence-electron chi connectivity index (χ3n) is 4.83. The zero-order valence-corrected chi connectivity index (χ0v) is 16.5. The Morgan fingerprint density at radius 2 is 1.54 bits per heavy atom. The maximum atomic E-state index is 12.9. The molecule has 0 N–H and O–H groups in total. The molecule has 0 radical (unpaired) electrons. The second kappa shape index (κ2) is 8.18. The molecule has 0 spiro atoms. The Hall–Kier alpha value is -1.93. The zero-order chi connectivity index (χ0) is 19.5. The minimum absolute atomic E-state index is 0.132. The van der Waals surface area contributed by atoms with Crippen LogP contribution in [0.5, 0.6) is 0 Å². The molecule has 144 valence electrons. The summed E-state index contributed by atoms with van der Waals surface area (Å²) < 4.78 is 30.7. The Labute approximate surface area is 155 Å². The summed E-state index contributed by atoms with van der Waals surface area (Å²) in [5.41, 5.74) is 0.912. The van der Waals surface area contributed by atoms with Crippen molar-refractivity contribution in [2.24, 2.45) is 5.92 Å². The van der Waals surface area contributed by atoms with Crippen molar-refractivity contribution < 1.29 is 22.7 Å². The molecule has 1 saturated carbocycles. The Balaban J connectivity index is 2.25. The van der Waals surface area contributed by atoms with Gasteiger partial charge in [-0.3, -0.25) is 9.59 Å². The number of nitrogens with zero attached hydrogens (tertiary/aromatic N) is 2. The monoisotopic (exact) mass is 382 g/mol. The fraction of sp³-hybridized carbons (Fsp3) is 0.556. The highest BCUT2D eigenvalue weighted by atomic mass is 32.2. The largest absolute Gasteiger partial charge is 0.381 e. The SMILES string of the molecule is COC1CCC(C(=O)N(c2ccc(N(C)C(C)=O)cc2)S(C)(=O)=O)CC1. The number of hydrogen-bond acceptors (Lipinski definition) is 5. The van der Waals surface area contributed by atoms with Gasteiger partial charge in [-0.1, -0.05) is 0 Å². The maximum absolute atomic E-state index is 12.9. The molecule has 7 nitrogen and oxygen atoms in total. The van der Waals surface area contributed by atoms with Crippen molar-refractivity contribution in [2.45, 2.75) is 38.7 Å². The van der Waals surface area contributed by atoms with Crippen molar-refractivity contribution in [2.75, 3.05) is 29.6 Å². The third kappa shape index (κ3) is 4.62. The average molecular weight is 382 g/mol. The number of rotatable bonds is 5. The lowest BCUT2D eigenvalue weighted by Crippen LogP contribution is -2.42. The Kier molecular flexibility index (Phi) is 6.41. The summed E-state index contributed by atoms with van der Waals surface area (Å²) >= 11 is 0. The van der Waals surface area contributed by atoms with Crippen LogP contribution in [0.15, 0.2) is 24.3 Å². The van der Waals surface area contributed by atoms with E-state index < -0.39 is 15.9 Å². The van der Waals surface area contributed by atoms with Crippen LogP contribution in [-0.2, 0) is 24.3 Å². The van der Waals surface area contributed by atoms with E-state index in [9.17, 15) is 18.0 Å². The lowest BCUT2D eigenvalue weighted by molar-refractivity contribution is -0.123. The number of carbonyl (C=O) groups excluding carboxylic acids is 2. The van der Waals surface area contributed by atoms with Gasteiger partial charge in [-0.25, -0.2) is 12.7 Å². The quantitative estimate of drug-likeness (QED) is 0.779. The van der Waals surface area contributed by atoms with Gasteiger partial charge < -0.3 is 9.64 Å². The van der Waals surface area contributed by atoms with E-state index >= 15 is 0 Å². The number of benzene rings is 1. The van der Waals surface area contributed by atoms with Crippen molar-refractivity contribution in [3.05, 3.63) is 24.3 Å². The van der Waals surface area contributed by atoms with Crippen LogP contribution in [0.3, 0.4) is 0 Å². The fourth-order valence-electron chi connectivity index (χ4n) is 3.19. The minimum Gasteiger partial charge on any atom is -0.381 e. The van der Waals surface area contributed by atoms with Gasteiger partial charge in [0.1, 0.15) is 0 Å². The van der Waals surface area contributed by atoms with Crippen LogP contribution in [0, 0.1) is 5.92 Å². The first-order valence-corrected chi connectivity index (χ1v) is 10.4. The molecular formula is C18H26N2O5S. The first kappa shape index (κ1) is 20.4. The molecule has 0 bridgehead atoms. The molecule has 0 aromatic heterocycles. The fourth-order valence-corrected chi connectivity index (χ4v) is 4.17. The molecule has 1 fully saturated rings. The van der Waals surface area contributed by atoms with E-state index in [0.29, 0.717) is 18.5 Å². The highest BCUT2D eigenvalue weighted by Crippen LogP contribution is 2.31. The van der Waals surface area contributed by atoms with Gasteiger partial charge in [-0.15, -0.1) is 0 Å². The van der Waals surface area contributed by atoms with Crippen molar-refractivity contribution in [1.29, 1.82) is 0 Å². The number of ether oxygens (including phenoxy) is 1. The second-order valence-electron chi connectivity index (χ2n) is 6.67. The lowest BCUT2D eigenvalue weighted by atomic mass is 9.86. The molecule has 1 aromatic rings. The predicted molar refractivity (Wildman–Crippen MR) is 101 cm³/mol. The number of anilines is 2. The van der Waals surface area contributed by atoms with Gasteiger partial charge in [0.25, 0.3) is 0 Å². The van der Waals surface area contributed by atoms with Crippen molar-refractivity contribution >= 4 is 33.2 Å². The Morgan fingerprint density at radius 3 is 1.96 bits per heavy atom. The topological polar surface area (TPSA) is 84.0 Å². The Bertz CT molecular complexity index is 752. The van der Waals surface area contributed by atoms with E-state index in [1.165, 1.54) is 11.8 Å². The zero-order valence-electron chi connectivity index (χ0n) is 15.6. The third-order valence-corrected chi connectivity index (χ3v) is 5.89. The van der Waals surface area contributed by atoms with Crippen molar-refractivity contribution in [3.63, 3.8) is 0 Å². The molecular weight excluding hydrogens is 356 g/mol. The van der Waals surface area contributed by atoms with E-state index in [0.717, 1.165) is 23.4 Å². The average Bonchev–Trinajstić information content (AvgIpc) is 2.60. The molecule has 0 atom stereocenters. The predicted octanol–water partition coefficient (Wildman–Crippen LogP) is 2.17. The molecule has 0 heterocycles. The molecule has 1 aromatic carbocycles. The van der Waals surface area contributed by atoms with Crippen LogP contribution in [-0.4, -0.2) is 46.7 Å². The van der Waals surface area contributed by atoms with Crippen LogP contribution in [0.2, 0.25) is 0 Å². The van der Waals surface area contributed by atoms with Gasteiger partial charge in [-0.2, -0.15) is 0 Å². The number of hydrogen-bond donors (Lipinski definition) is 0. The molecule has 1 aliphatic rings.